The molecule has 0 aromatic carbocycles. The van der Waals surface area contributed by atoms with Gasteiger partial charge in [-0.05, 0) is 62.9 Å². The zero-order valence-electron chi connectivity index (χ0n) is 14.3. The minimum absolute atomic E-state index is 0.0122. The first-order chi connectivity index (χ1) is 12.7. The molecule has 15 unspecified atom stereocenters. The van der Waals surface area contributed by atoms with E-state index < -0.39 is 0 Å². The first kappa shape index (κ1) is 39.7. The highest BCUT2D eigenvalue weighted by atomic mass is 33.5. The minimum Gasteiger partial charge on any atom is -0.378 e. The SMILES string of the molecule is PP(P)P(P=[S-](=PP(P(P)P)P(P)P)P(P(P)P)P(P(P)P)P(P)P)P(P)P. The topological polar surface area (TPSA) is 0 Å². The van der Waals surface area contributed by atoms with Crippen LogP contribution < -0.4 is 0 Å². The molecule has 0 aliphatic carbocycles. The summed E-state index contributed by atoms with van der Waals surface area (Å²) in [6, 6.07) is 0. The van der Waals surface area contributed by atoms with Crippen LogP contribution in [0.3, 0.4) is 0 Å². The van der Waals surface area contributed by atoms with E-state index in [2.05, 4.69) is 125 Å². The second kappa shape index (κ2) is 22.3. The Bertz CT molecular complexity index is 446. The van der Waals surface area contributed by atoms with E-state index in [0.29, 0.717) is 8.87 Å². The van der Waals surface area contributed by atoms with Gasteiger partial charge < -0.3 is 8.87 Å². The second-order valence-corrected chi connectivity index (χ2v) is 111. The zero-order chi connectivity index (χ0) is 22.3. The third kappa shape index (κ3) is 16.4. The van der Waals surface area contributed by atoms with E-state index >= 15 is 0 Å². The molecular formula is H28P27S-. The lowest BCUT2D eigenvalue weighted by molar-refractivity contribution is 4.62. The quantitative estimate of drug-likeness (QED) is 0.143. The Morgan fingerprint density at radius 2 is 0.679 bits per heavy atom. The molecule has 0 bridgehead atoms. The predicted octanol–water partition coefficient (Wildman–Crippen LogP) is 15.8. The highest BCUT2D eigenvalue weighted by Gasteiger charge is 2.26. The van der Waals surface area contributed by atoms with Gasteiger partial charge in [0.1, 0.15) is 0 Å². The summed E-state index contributed by atoms with van der Waals surface area (Å²) in [4.78, 5) is 0. The summed E-state index contributed by atoms with van der Waals surface area (Å²) >= 11 is 0. The summed E-state index contributed by atoms with van der Waals surface area (Å²) in [5.41, 5.74) is 0. The van der Waals surface area contributed by atoms with E-state index in [0.717, 1.165) is 0 Å². The smallest absolute Gasteiger partial charge is 0.0146 e. The molecule has 28 heavy (non-hydrogen) atoms. The fraction of sp³-hybridized carbons (Fsp3) is 0. The fourth-order valence-corrected chi connectivity index (χ4v) is 281. The molecule has 0 fully saturated rings. The second-order valence-electron chi connectivity index (χ2n) is 4.13. The highest BCUT2D eigenvalue weighted by molar-refractivity contribution is 9.31. The van der Waals surface area contributed by atoms with Gasteiger partial charge in [-0.15, -0.1) is 131 Å². The van der Waals surface area contributed by atoms with Gasteiger partial charge in [-0.3, -0.25) is 0 Å². The van der Waals surface area contributed by atoms with Gasteiger partial charge in [0, 0.05) is 0 Å². The average molecular weight is 897 g/mol. The Hall–Kier alpha value is 11.7. The van der Waals surface area contributed by atoms with Crippen molar-refractivity contribution in [2.24, 2.45) is 0 Å². The molecule has 28 heteroatoms. The summed E-state index contributed by atoms with van der Waals surface area (Å²) in [7, 11) is 48.8. The van der Waals surface area contributed by atoms with Crippen LogP contribution in [-0.2, 0) is 8.87 Å². The van der Waals surface area contributed by atoms with Crippen molar-refractivity contribution < 1.29 is 0 Å². The number of hydrogen-bond acceptors (Lipinski definition) is 1. The largest absolute Gasteiger partial charge is 0.378 e. The zero-order valence-corrected chi connectivity index (χ0v) is 42.9. The van der Waals surface area contributed by atoms with Crippen molar-refractivity contribution in [3.8, 4) is 0 Å². The third-order valence-corrected chi connectivity index (χ3v) is 164. The van der Waals surface area contributed by atoms with Crippen molar-refractivity contribution in [2.75, 3.05) is 0 Å². The predicted molar refractivity (Wildman–Crippen MR) is 233 cm³/mol. The van der Waals surface area contributed by atoms with Gasteiger partial charge in [-0.1, -0.05) is 6.99 Å². The van der Waals surface area contributed by atoms with Crippen molar-refractivity contribution >= 4 is 224 Å². The molecule has 15 atom stereocenters. The minimum atomic E-state index is -0.0462. The maximum atomic E-state index is 3.27. The molecule has 0 spiro atoms. The van der Waals surface area contributed by atoms with Crippen molar-refractivity contribution in [3.63, 3.8) is 0 Å². The Morgan fingerprint density at radius 3 is 0.857 bits per heavy atom. The molecule has 0 heterocycles. The first-order valence-electron chi connectivity index (χ1n) is 6.16. The Balaban J connectivity index is 6.77. The van der Waals surface area contributed by atoms with Gasteiger partial charge in [0.15, 0.2) is 0 Å². The molecule has 0 amide bonds. The summed E-state index contributed by atoms with van der Waals surface area (Å²) < 4.78 is 0. The van der Waals surface area contributed by atoms with Gasteiger partial charge in [-0.2, -0.15) is 0 Å². The molecule has 0 aromatic rings. The van der Waals surface area contributed by atoms with Crippen molar-refractivity contribution in [1.29, 1.82) is 0 Å². The maximum Gasteiger partial charge on any atom is -0.0146 e. The molecule has 0 aromatic heterocycles. The van der Waals surface area contributed by atoms with Crippen LogP contribution in [0, 0.1) is 0 Å². The molecule has 0 radical (unpaired) electrons. The summed E-state index contributed by atoms with van der Waals surface area (Å²) in [5.74, 6) is 0. The van der Waals surface area contributed by atoms with Crippen LogP contribution in [0.1, 0.15) is 0 Å². The van der Waals surface area contributed by atoms with Gasteiger partial charge in [0.2, 0.25) is 0 Å². The third-order valence-electron chi connectivity index (χ3n) is 2.03. The Kier molecular flexibility index (Phi) is 31.6. The lowest BCUT2D eigenvalue weighted by Gasteiger charge is -2.44. The molecule has 170 valence electrons. The number of rotatable bonds is 11. The van der Waals surface area contributed by atoms with E-state index in [4.69, 9.17) is 0 Å². The number of hydrogen-bond donors (Lipinski definition) is 0. The van der Waals surface area contributed by atoms with Crippen molar-refractivity contribution in [1.82, 2.24) is 0 Å². The normalized spacial score (nSPS) is 16.1. The molecule has 0 rings (SSSR count). The van der Waals surface area contributed by atoms with Crippen molar-refractivity contribution in [2.45, 2.75) is 0 Å². The van der Waals surface area contributed by atoms with Crippen LogP contribution in [0.25, 0.3) is 0 Å². The lowest BCUT2D eigenvalue weighted by Crippen LogP contribution is -1.59. The van der Waals surface area contributed by atoms with Crippen molar-refractivity contribution in [3.05, 3.63) is 0 Å². The van der Waals surface area contributed by atoms with Crippen LogP contribution in [0.4, 0.5) is 0 Å². The first-order valence-corrected chi connectivity index (χ1v) is 55.5. The fourth-order valence-electron chi connectivity index (χ4n) is 1.16. The Labute approximate surface area is 221 Å². The van der Waals surface area contributed by atoms with E-state index in [1.165, 1.54) is 0 Å². The average Bonchev–Trinajstić information content (AvgIpc) is 2.50. The summed E-state index contributed by atoms with van der Waals surface area (Å²) in [5, 5.41) is 0. The van der Waals surface area contributed by atoms with E-state index in [1.807, 2.05) is 14.1 Å². The van der Waals surface area contributed by atoms with Crippen LogP contribution in [-0.4, -0.2) is 0 Å². The van der Waals surface area contributed by atoms with Gasteiger partial charge >= 0.3 is 0 Å². The summed E-state index contributed by atoms with van der Waals surface area (Å²) in [6.07, 6.45) is 0. The molecule has 0 nitrogen and oxygen atoms in total. The monoisotopic (exact) mass is 896 g/mol. The van der Waals surface area contributed by atoms with Gasteiger partial charge in [0.25, 0.3) is 0 Å². The van der Waals surface area contributed by atoms with Gasteiger partial charge in [0.05, 0.1) is 0 Å². The van der Waals surface area contributed by atoms with E-state index in [1.54, 1.807) is 0 Å². The van der Waals surface area contributed by atoms with E-state index in [-0.39, 0.29) is 76.4 Å². The van der Waals surface area contributed by atoms with Crippen LogP contribution in [0.5, 0.6) is 0 Å². The maximum absolute atomic E-state index is 3.27. The standard InChI is InChI=1S/H28P27S/c1-17(2)24(18(3)4)15-28(16-25(19(5)6)20(7)8)27(23(13)14)26(21(9)10)22(11)12/h1-14H2/q-1. The van der Waals surface area contributed by atoms with Crippen LogP contribution in [0.15, 0.2) is 0 Å². The van der Waals surface area contributed by atoms with E-state index in [9.17, 15) is 0 Å². The molecule has 0 aliphatic rings. The van der Waals surface area contributed by atoms with Crippen LogP contribution in [0.2, 0.25) is 0 Å². The molecule has 0 saturated carbocycles. The molecule has 0 aliphatic heterocycles. The van der Waals surface area contributed by atoms with Gasteiger partial charge in [-0.25, -0.2) is 14.1 Å². The highest BCUT2D eigenvalue weighted by Crippen LogP contribution is 3.16. The molecule has 0 saturated heterocycles. The molecular weight excluding hydrogens is 868 g/mol. The lowest BCUT2D eigenvalue weighted by atomic mass is 28.7. The summed E-state index contributed by atoms with van der Waals surface area (Å²) in [6.45, 7) is 0.0785. The Morgan fingerprint density at radius 1 is 0.393 bits per heavy atom. The molecule has 0 N–H and O–H groups in total. The van der Waals surface area contributed by atoms with Crippen LogP contribution >= 0.6 is 215 Å².